The van der Waals surface area contributed by atoms with Crippen molar-refractivity contribution in [2.24, 2.45) is 0 Å². The number of rotatable bonds is 6. The maximum Gasteiger partial charge on any atom is 0.297 e. The Kier molecular flexibility index (Phi) is 5.27. The summed E-state index contributed by atoms with van der Waals surface area (Å²) in [5, 5.41) is 3.43. The van der Waals surface area contributed by atoms with Crippen LogP contribution in [0.4, 0.5) is 6.01 Å². The van der Waals surface area contributed by atoms with Crippen molar-refractivity contribution in [1.29, 1.82) is 0 Å². The summed E-state index contributed by atoms with van der Waals surface area (Å²) in [7, 11) is 2.07. The number of nitrogens with one attached hydrogen (secondary N) is 1. The van der Waals surface area contributed by atoms with E-state index in [9.17, 15) is 0 Å². The third kappa shape index (κ3) is 4.71. The van der Waals surface area contributed by atoms with Gasteiger partial charge < -0.3 is 14.6 Å². The highest BCUT2D eigenvalue weighted by Crippen LogP contribution is 2.20. The maximum absolute atomic E-state index is 5.63. The summed E-state index contributed by atoms with van der Waals surface area (Å²) < 4.78 is 5.63. The molecule has 1 aromatic rings. The third-order valence-corrected chi connectivity index (χ3v) is 4.06. The Morgan fingerprint density at radius 3 is 2.90 bits per heavy atom. The summed E-state index contributed by atoms with van der Waals surface area (Å²) in [6.07, 6.45) is 4.34. The monoisotopic (exact) mass is 294 g/mol. The van der Waals surface area contributed by atoms with E-state index in [2.05, 4.69) is 54.8 Å². The van der Waals surface area contributed by atoms with Crippen LogP contribution in [-0.4, -0.2) is 48.1 Å². The second-order valence-electron chi connectivity index (χ2n) is 7.03. The lowest BCUT2D eigenvalue weighted by atomic mass is 10.1. The summed E-state index contributed by atoms with van der Waals surface area (Å²) in [5.41, 5.74) is 1.06. The maximum atomic E-state index is 5.63. The van der Waals surface area contributed by atoms with Crippen molar-refractivity contribution in [2.75, 3.05) is 31.6 Å². The molecule has 2 heterocycles. The van der Waals surface area contributed by atoms with E-state index in [1.54, 1.807) is 6.26 Å². The number of nitrogens with zero attached hydrogens (tertiary/aromatic N) is 3. The van der Waals surface area contributed by atoms with Gasteiger partial charge in [-0.2, -0.15) is 4.98 Å². The minimum absolute atomic E-state index is 0.0937. The van der Waals surface area contributed by atoms with Gasteiger partial charge in [0.15, 0.2) is 0 Å². The Morgan fingerprint density at radius 2 is 2.24 bits per heavy atom. The average Bonchev–Trinajstić information content (AvgIpc) is 3.03. The molecule has 1 saturated heterocycles. The smallest absolute Gasteiger partial charge is 0.297 e. The summed E-state index contributed by atoms with van der Waals surface area (Å²) in [6.45, 7) is 12.8. The van der Waals surface area contributed by atoms with Gasteiger partial charge in [-0.05, 0) is 46.7 Å². The second kappa shape index (κ2) is 6.79. The average molecular weight is 294 g/mol. The number of likely N-dealkylation sites (tertiary alicyclic amines) is 1. The molecule has 1 aliphatic rings. The molecule has 0 bridgehead atoms. The Labute approximate surface area is 128 Å². The second-order valence-corrected chi connectivity index (χ2v) is 7.03. The minimum atomic E-state index is 0.0937. The Bertz CT molecular complexity index is 438. The molecular formula is C16H30N4O. The Balaban J connectivity index is 1.88. The molecule has 1 fully saturated rings. The van der Waals surface area contributed by atoms with Gasteiger partial charge >= 0.3 is 0 Å². The fourth-order valence-electron chi connectivity index (χ4n) is 2.82. The van der Waals surface area contributed by atoms with Crippen molar-refractivity contribution in [1.82, 2.24) is 15.2 Å². The van der Waals surface area contributed by atoms with Gasteiger partial charge in [0, 0.05) is 31.7 Å². The van der Waals surface area contributed by atoms with E-state index in [1.807, 2.05) is 0 Å². The van der Waals surface area contributed by atoms with Gasteiger partial charge in [0.05, 0.1) is 5.69 Å². The molecule has 0 spiro atoms. The number of hydrogen-bond acceptors (Lipinski definition) is 5. The van der Waals surface area contributed by atoms with Crippen LogP contribution in [0.15, 0.2) is 10.7 Å². The number of likely N-dealkylation sites (N-methyl/N-ethyl adjacent to an activating group) is 2. The SMILES string of the molecule is CCN1CCCC1CN(C)c1nc(CNC(C)(C)C)co1. The number of aromatic nitrogens is 1. The van der Waals surface area contributed by atoms with E-state index in [0.717, 1.165) is 31.3 Å². The molecule has 0 saturated carbocycles. The lowest BCUT2D eigenvalue weighted by molar-refractivity contribution is 0.268. The fourth-order valence-corrected chi connectivity index (χ4v) is 2.82. The van der Waals surface area contributed by atoms with Gasteiger partial charge in [-0.25, -0.2) is 0 Å². The highest BCUT2D eigenvalue weighted by atomic mass is 16.4. The highest BCUT2D eigenvalue weighted by molar-refractivity contribution is 5.26. The van der Waals surface area contributed by atoms with Crippen LogP contribution in [0.25, 0.3) is 0 Å². The van der Waals surface area contributed by atoms with E-state index in [4.69, 9.17) is 4.42 Å². The molecule has 21 heavy (non-hydrogen) atoms. The molecule has 0 amide bonds. The zero-order valence-corrected chi connectivity index (χ0v) is 14.1. The molecule has 1 unspecified atom stereocenters. The van der Waals surface area contributed by atoms with Crippen molar-refractivity contribution < 1.29 is 4.42 Å². The van der Waals surface area contributed by atoms with Crippen LogP contribution >= 0.6 is 0 Å². The summed E-state index contributed by atoms with van der Waals surface area (Å²) in [6, 6.07) is 1.35. The Hall–Kier alpha value is -1.07. The quantitative estimate of drug-likeness (QED) is 0.873. The Morgan fingerprint density at radius 1 is 1.48 bits per heavy atom. The van der Waals surface area contributed by atoms with Crippen molar-refractivity contribution in [3.63, 3.8) is 0 Å². The number of hydrogen-bond donors (Lipinski definition) is 1. The van der Waals surface area contributed by atoms with E-state index < -0.39 is 0 Å². The number of oxazole rings is 1. The molecule has 5 heteroatoms. The van der Waals surface area contributed by atoms with E-state index >= 15 is 0 Å². The van der Waals surface area contributed by atoms with Crippen molar-refractivity contribution in [3.05, 3.63) is 12.0 Å². The molecule has 1 N–H and O–H groups in total. The van der Waals surface area contributed by atoms with Gasteiger partial charge in [0.25, 0.3) is 6.01 Å². The summed E-state index contributed by atoms with van der Waals surface area (Å²) in [5.74, 6) is 0. The largest absolute Gasteiger partial charge is 0.432 e. The van der Waals surface area contributed by atoms with Gasteiger partial charge in [0.2, 0.25) is 0 Å². The lowest BCUT2D eigenvalue weighted by Gasteiger charge is -2.26. The van der Waals surface area contributed by atoms with E-state index in [1.165, 1.54) is 19.4 Å². The molecular weight excluding hydrogens is 264 g/mol. The molecule has 0 aliphatic carbocycles. The van der Waals surface area contributed by atoms with Crippen LogP contribution < -0.4 is 10.2 Å². The van der Waals surface area contributed by atoms with Crippen LogP contribution in [0.3, 0.4) is 0 Å². The van der Waals surface area contributed by atoms with Crippen molar-refractivity contribution in [3.8, 4) is 0 Å². The first-order chi connectivity index (χ1) is 9.89. The first-order valence-corrected chi connectivity index (χ1v) is 8.03. The topological polar surface area (TPSA) is 44.5 Å². The molecule has 5 nitrogen and oxygen atoms in total. The number of anilines is 1. The van der Waals surface area contributed by atoms with Crippen molar-refractivity contribution >= 4 is 6.01 Å². The zero-order valence-electron chi connectivity index (χ0n) is 14.1. The standard InChI is InChI=1S/C16H30N4O/c1-6-20-9-7-8-14(20)11-19(5)15-18-13(12-21-15)10-17-16(2,3)4/h12,14,17H,6-11H2,1-5H3. The zero-order chi connectivity index (χ0) is 15.5. The van der Waals surface area contributed by atoms with Crippen LogP contribution in [0, 0.1) is 0 Å². The summed E-state index contributed by atoms with van der Waals surface area (Å²) >= 11 is 0. The minimum Gasteiger partial charge on any atom is -0.432 e. The predicted octanol–water partition coefficient (Wildman–Crippen LogP) is 2.48. The highest BCUT2D eigenvalue weighted by Gasteiger charge is 2.25. The van der Waals surface area contributed by atoms with Crippen LogP contribution in [-0.2, 0) is 6.54 Å². The molecule has 1 aliphatic heterocycles. The van der Waals surface area contributed by atoms with E-state index in [-0.39, 0.29) is 5.54 Å². The van der Waals surface area contributed by atoms with Gasteiger partial charge in [-0.1, -0.05) is 6.92 Å². The van der Waals surface area contributed by atoms with Gasteiger partial charge in [-0.15, -0.1) is 0 Å². The van der Waals surface area contributed by atoms with Crippen LogP contribution in [0.2, 0.25) is 0 Å². The lowest BCUT2D eigenvalue weighted by Crippen LogP contribution is -2.39. The third-order valence-electron chi connectivity index (χ3n) is 4.06. The molecule has 120 valence electrons. The summed E-state index contributed by atoms with van der Waals surface area (Å²) in [4.78, 5) is 9.27. The first kappa shape index (κ1) is 16.3. The molecule has 2 rings (SSSR count). The molecule has 1 atom stereocenters. The van der Waals surface area contributed by atoms with Crippen LogP contribution in [0.5, 0.6) is 0 Å². The predicted molar refractivity (Wildman–Crippen MR) is 86.6 cm³/mol. The first-order valence-electron chi connectivity index (χ1n) is 8.03. The van der Waals surface area contributed by atoms with E-state index in [0.29, 0.717) is 6.04 Å². The molecule has 0 aromatic carbocycles. The fraction of sp³-hybridized carbons (Fsp3) is 0.812. The molecule has 1 aromatic heterocycles. The molecule has 0 radical (unpaired) electrons. The van der Waals surface area contributed by atoms with Gasteiger partial charge in [-0.3, -0.25) is 4.90 Å². The normalized spacial score (nSPS) is 20.1. The van der Waals surface area contributed by atoms with Crippen molar-refractivity contribution in [2.45, 2.75) is 58.7 Å². The van der Waals surface area contributed by atoms with Crippen LogP contribution in [0.1, 0.15) is 46.2 Å². The van der Waals surface area contributed by atoms with Gasteiger partial charge in [0.1, 0.15) is 6.26 Å².